The highest BCUT2D eigenvalue weighted by Gasteiger charge is 2.25. The first kappa shape index (κ1) is 16.0. The molecule has 0 bridgehead atoms. The van der Waals surface area contributed by atoms with Gasteiger partial charge in [-0.05, 0) is 28.5 Å². The second kappa shape index (κ2) is 7.57. The van der Waals surface area contributed by atoms with Gasteiger partial charge in [-0.1, -0.05) is 6.08 Å². The standard InChI is InChI=1S/C17H21N3O2S/c1-2-6-22-12-15-9-19(11-16-3-5-18-20(16)10-15)17(21)8-14-4-7-23-13-14/h2-5,7,13,15H,1,6,8-12H2/t15-/m0/s1. The summed E-state index contributed by atoms with van der Waals surface area (Å²) in [5, 5.41) is 8.41. The van der Waals surface area contributed by atoms with E-state index >= 15 is 0 Å². The molecule has 0 aliphatic carbocycles. The Hall–Kier alpha value is -1.92. The molecule has 1 amide bonds. The van der Waals surface area contributed by atoms with Crippen molar-refractivity contribution < 1.29 is 9.53 Å². The second-order valence-electron chi connectivity index (χ2n) is 5.78. The Balaban J connectivity index is 1.70. The molecule has 122 valence electrons. The van der Waals surface area contributed by atoms with Gasteiger partial charge in [-0.3, -0.25) is 9.48 Å². The maximum atomic E-state index is 12.7. The minimum Gasteiger partial charge on any atom is -0.377 e. The van der Waals surface area contributed by atoms with Crippen LogP contribution in [0, 0.1) is 5.92 Å². The summed E-state index contributed by atoms with van der Waals surface area (Å²) in [6, 6.07) is 3.99. The third-order valence-electron chi connectivity index (χ3n) is 3.94. The van der Waals surface area contributed by atoms with E-state index in [-0.39, 0.29) is 11.8 Å². The molecule has 1 atom stereocenters. The van der Waals surface area contributed by atoms with Crippen molar-refractivity contribution in [2.24, 2.45) is 5.92 Å². The second-order valence-corrected chi connectivity index (χ2v) is 6.56. The zero-order valence-corrected chi connectivity index (χ0v) is 13.9. The van der Waals surface area contributed by atoms with Crippen molar-refractivity contribution in [3.8, 4) is 0 Å². The van der Waals surface area contributed by atoms with Crippen molar-refractivity contribution in [2.45, 2.75) is 19.5 Å². The summed E-state index contributed by atoms with van der Waals surface area (Å²) in [6.07, 6.45) is 4.00. The van der Waals surface area contributed by atoms with E-state index in [0.29, 0.717) is 32.7 Å². The third kappa shape index (κ3) is 4.09. The van der Waals surface area contributed by atoms with Crippen molar-refractivity contribution in [3.05, 3.63) is 53.0 Å². The number of nitrogens with zero attached hydrogens (tertiary/aromatic N) is 3. The van der Waals surface area contributed by atoms with Crippen molar-refractivity contribution in [3.63, 3.8) is 0 Å². The molecule has 2 aromatic heterocycles. The number of aromatic nitrogens is 2. The van der Waals surface area contributed by atoms with Crippen LogP contribution >= 0.6 is 11.3 Å². The topological polar surface area (TPSA) is 47.4 Å². The average Bonchev–Trinajstić information content (AvgIpc) is 3.16. The number of amides is 1. The minimum absolute atomic E-state index is 0.159. The van der Waals surface area contributed by atoms with Gasteiger partial charge in [0.2, 0.25) is 5.91 Å². The number of thiophene rings is 1. The zero-order valence-electron chi connectivity index (χ0n) is 13.1. The van der Waals surface area contributed by atoms with Crippen molar-refractivity contribution >= 4 is 17.2 Å². The molecule has 1 aliphatic heterocycles. The van der Waals surface area contributed by atoms with Gasteiger partial charge in [-0.15, -0.1) is 6.58 Å². The highest BCUT2D eigenvalue weighted by Crippen LogP contribution is 2.18. The van der Waals surface area contributed by atoms with Crippen LogP contribution in [-0.2, 0) is 29.0 Å². The van der Waals surface area contributed by atoms with E-state index in [9.17, 15) is 4.79 Å². The molecule has 0 N–H and O–H groups in total. The van der Waals surface area contributed by atoms with Crippen LogP contribution in [0.1, 0.15) is 11.3 Å². The number of hydrogen-bond acceptors (Lipinski definition) is 4. The quantitative estimate of drug-likeness (QED) is 0.603. The van der Waals surface area contributed by atoms with Gasteiger partial charge in [0.25, 0.3) is 0 Å². The minimum atomic E-state index is 0.159. The van der Waals surface area contributed by atoms with E-state index < -0.39 is 0 Å². The molecule has 0 saturated heterocycles. The van der Waals surface area contributed by atoms with Crippen LogP contribution in [0.3, 0.4) is 0 Å². The molecule has 3 heterocycles. The smallest absolute Gasteiger partial charge is 0.227 e. The highest BCUT2D eigenvalue weighted by atomic mass is 32.1. The first-order valence-corrected chi connectivity index (χ1v) is 8.68. The predicted molar refractivity (Wildman–Crippen MR) is 90.2 cm³/mol. The molecule has 0 fully saturated rings. The lowest BCUT2D eigenvalue weighted by Crippen LogP contribution is -2.36. The van der Waals surface area contributed by atoms with Crippen LogP contribution in [0.15, 0.2) is 41.7 Å². The van der Waals surface area contributed by atoms with E-state index in [1.54, 1.807) is 23.6 Å². The van der Waals surface area contributed by atoms with Crippen molar-refractivity contribution in [1.82, 2.24) is 14.7 Å². The molecule has 0 spiro atoms. The molecule has 6 heteroatoms. The van der Waals surface area contributed by atoms with E-state index in [0.717, 1.165) is 17.8 Å². The Kier molecular flexibility index (Phi) is 5.25. The Labute approximate surface area is 140 Å². The Bertz CT molecular complexity index is 651. The Morgan fingerprint density at radius 1 is 1.48 bits per heavy atom. The molecule has 23 heavy (non-hydrogen) atoms. The molecule has 0 aromatic carbocycles. The van der Waals surface area contributed by atoms with Crippen molar-refractivity contribution in [1.29, 1.82) is 0 Å². The van der Waals surface area contributed by atoms with Gasteiger partial charge in [-0.25, -0.2) is 0 Å². The van der Waals surface area contributed by atoms with Gasteiger partial charge < -0.3 is 9.64 Å². The Morgan fingerprint density at radius 2 is 2.39 bits per heavy atom. The molecule has 2 aromatic rings. The van der Waals surface area contributed by atoms with Crippen LogP contribution in [0.2, 0.25) is 0 Å². The van der Waals surface area contributed by atoms with Gasteiger partial charge >= 0.3 is 0 Å². The van der Waals surface area contributed by atoms with E-state index in [4.69, 9.17) is 4.74 Å². The molecule has 3 rings (SSSR count). The monoisotopic (exact) mass is 331 g/mol. The number of carbonyl (C=O) groups excluding carboxylic acids is 1. The summed E-state index contributed by atoms with van der Waals surface area (Å²) in [7, 11) is 0. The van der Waals surface area contributed by atoms with Crippen molar-refractivity contribution in [2.75, 3.05) is 19.8 Å². The lowest BCUT2D eigenvalue weighted by atomic mass is 10.1. The van der Waals surface area contributed by atoms with Crippen LogP contribution in [0.25, 0.3) is 0 Å². The number of ether oxygens (including phenoxy) is 1. The summed E-state index contributed by atoms with van der Waals surface area (Å²) >= 11 is 1.62. The van der Waals surface area contributed by atoms with Gasteiger partial charge in [0, 0.05) is 25.2 Å². The number of hydrogen-bond donors (Lipinski definition) is 0. The molecule has 0 unspecified atom stereocenters. The summed E-state index contributed by atoms with van der Waals surface area (Å²) in [5.41, 5.74) is 2.16. The van der Waals surface area contributed by atoms with Crippen LogP contribution in [0.4, 0.5) is 0 Å². The summed E-state index contributed by atoms with van der Waals surface area (Å²) < 4.78 is 7.59. The van der Waals surface area contributed by atoms with Gasteiger partial charge in [-0.2, -0.15) is 16.4 Å². The predicted octanol–water partition coefficient (Wildman–Crippen LogP) is 2.35. The van der Waals surface area contributed by atoms with Crippen LogP contribution in [-0.4, -0.2) is 40.3 Å². The molecule has 5 nitrogen and oxygen atoms in total. The fraction of sp³-hybridized carbons (Fsp3) is 0.412. The fourth-order valence-corrected chi connectivity index (χ4v) is 3.49. The lowest BCUT2D eigenvalue weighted by molar-refractivity contribution is -0.131. The number of fused-ring (bicyclic) bond motifs is 1. The van der Waals surface area contributed by atoms with Gasteiger partial charge in [0.15, 0.2) is 0 Å². The molecular weight excluding hydrogens is 310 g/mol. The molecular formula is C17H21N3O2S. The Morgan fingerprint density at radius 3 is 3.17 bits per heavy atom. The molecule has 1 aliphatic rings. The van der Waals surface area contributed by atoms with E-state index in [1.807, 2.05) is 32.5 Å². The normalized spacial score (nSPS) is 17.6. The maximum absolute atomic E-state index is 12.7. The van der Waals surface area contributed by atoms with E-state index in [1.165, 1.54) is 0 Å². The molecule has 0 radical (unpaired) electrons. The SMILES string of the molecule is C=CCOC[C@H]1CN(C(=O)Cc2ccsc2)Cc2ccnn2C1. The summed E-state index contributed by atoms with van der Waals surface area (Å²) in [5.74, 6) is 0.397. The van der Waals surface area contributed by atoms with E-state index in [2.05, 4.69) is 11.7 Å². The zero-order chi connectivity index (χ0) is 16.1. The summed E-state index contributed by atoms with van der Waals surface area (Å²) in [6.45, 7) is 6.90. The first-order chi connectivity index (χ1) is 11.3. The van der Waals surface area contributed by atoms with Crippen LogP contribution < -0.4 is 0 Å². The molecule has 0 saturated carbocycles. The third-order valence-corrected chi connectivity index (χ3v) is 4.68. The number of carbonyl (C=O) groups is 1. The van der Waals surface area contributed by atoms with Gasteiger partial charge in [0.1, 0.15) is 0 Å². The lowest BCUT2D eigenvalue weighted by Gasteiger charge is -2.24. The average molecular weight is 331 g/mol. The van der Waals surface area contributed by atoms with Crippen LogP contribution in [0.5, 0.6) is 0 Å². The highest BCUT2D eigenvalue weighted by molar-refractivity contribution is 7.07. The first-order valence-electron chi connectivity index (χ1n) is 7.74. The summed E-state index contributed by atoms with van der Waals surface area (Å²) in [4.78, 5) is 14.6. The number of rotatable bonds is 6. The fourth-order valence-electron chi connectivity index (χ4n) is 2.83. The maximum Gasteiger partial charge on any atom is 0.227 e. The van der Waals surface area contributed by atoms with Gasteiger partial charge in [0.05, 0.1) is 31.9 Å². The largest absolute Gasteiger partial charge is 0.377 e.